The monoisotopic (exact) mass is 371 g/mol. The van der Waals surface area contributed by atoms with Crippen LogP contribution in [0.15, 0.2) is 60.7 Å². The summed E-state index contributed by atoms with van der Waals surface area (Å²) in [5.74, 6) is -6.02. The number of halogens is 3. The molecule has 1 heterocycles. The van der Waals surface area contributed by atoms with E-state index in [0.717, 1.165) is 6.07 Å². The zero-order valence-corrected chi connectivity index (χ0v) is 13.7. The van der Waals surface area contributed by atoms with Crippen LogP contribution < -0.4 is 10.6 Å². The largest absolute Gasteiger partial charge is 0.321 e. The Bertz CT molecular complexity index is 1010. The third-order valence-corrected chi connectivity index (χ3v) is 3.53. The van der Waals surface area contributed by atoms with Crippen molar-refractivity contribution in [2.24, 2.45) is 0 Å². The standard InChI is InChI=1S/C19H12F3N3O2/c20-12-9-10-13(17(22)16(12)21)25-19(27)15-8-4-7-14(24-15)18(26)23-11-5-2-1-3-6-11/h1-10H,(H,23,26)(H,25,27). The van der Waals surface area contributed by atoms with Crippen molar-refractivity contribution in [1.82, 2.24) is 4.98 Å². The SMILES string of the molecule is O=C(Nc1ccccc1)c1cccc(C(=O)Nc2ccc(F)c(F)c2F)n1. The Balaban J connectivity index is 1.78. The topological polar surface area (TPSA) is 71.1 Å². The van der Waals surface area contributed by atoms with E-state index in [1.54, 1.807) is 30.3 Å². The lowest BCUT2D eigenvalue weighted by molar-refractivity contribution is 0.101. The second kappa shape index (κ2) is 7.69. The summed E-state index contributed by atoms with van der Waals surface area (Å²) in [5, 5.41) is 4.71. The maximum atomic E-state index is 13.7. The average Bonchev–Trinajstić information content (AvgIpc) is 2.69. The van der Waals surface area contributed by atoms with E-state index in [1.165, 1.54) is 18.2 Å². The number of anilines is 2. The van der Waals surface area contributed by atoms with Crippen molar-refractivity contribution in [2.75, 3.05) is 10.6 Å². The van der Waals surface area contributed by atoms with Crippen molar-refractivity contribution in [3.05, 3.63) is 89.5 Å². The molecular weight excluding hydrogens is 359 g/mol. The van der Waals surface area contributed by atoms with Crippen LogP contribution in [0, 0.1) is 17.5 Å². The molecule has 2 N–H and O–H groups in total. The maximum Gasteiger partial charge on any atom is 0.274 e. The van der Waals surface area contributed by atoms with Crippen LogP contribution in [-0.4, -0.2) is 16.8 Å². The van der Waals surface area contributed by atoms with Crippen LogP contribution >= 0.6 is 0 Å². The van der Waals surface area contributed by atoms with Gasteiger partial charge in [0.2, 0.25) is 0 Å². The minimum Gasteiger partial charge on any atom is -0.321 e. The zero-order valence-electron chi connectivity index (χ0n) is 13.7. The lowest BCUT2D eigenvalue weighted by Gasteiger charge is -2.08. The molecule has 0 saturated heterocycles. The fourth-order valence-corrected chi connectivity index (χ4v) is 2.21. The number of nitrogens with one attached hydrogen (secondary N) is 2. The summed E-state index contributed by atoms with van der Waals surface area (Å²) in [6.45, 7) is 0. The Kier molecular flexibility index (Phi) is 5.16. The first kappa shape index (κ1) is 18.1. The summed E-state index contributed by atoms with van der Waals surface area (Å²) in [7, 11) is 0. The number of carbonyl (C=O) groups is 2. The van der Waals surface area contributed by atoms with Gasteiger partial charge in [0, 0.05) is 5.69 Å². The fourth-order valence-electron chi connectivity index (χ4n) is 2.21. The molecule has 0 fully saturated rings. The summed E-state index contributed by atoms with van der Waals surface area (Å²) in [6.07, 6.45) is 0. The number of rotatable bonds is 4. The number of carbonyl (C=O) groups excluding carboxylic acids is 2. The molecule has 27 heavy (non-hydrogen) atoms. The fraction of sp³-hybridized carbons (Fsp3) is 0. The van der Waals surface area contributed by atoms with Gasteiger partial charge in [-0.25, -0.2) is 18.2 Å². The molecule has 0 bridgehead atoms. The van der Waals surface area contributed by atoms with Crippen LogP contribution in [-0.2, 0) is 0 Å². The second-order valence-corrected chi connectivity index (χ2v) is 5.41. The number of pyridine rings is 1. The van der Waals surface area contributed by atoms with Gasteiger partial charge in [-0.15, -0.1) is 0 Å². The van der Waals surface area contributed by atoms with Gasteiger partial charge in [0.05, 0.1) is 5.69 Å². The smallest absolute Gasteiger partial charge is 0.274 e. The summed E-state index contributed by atoms with van der Waals surface area (Å²) < 4.78 is 39.9. The van der Waals surface area contributed by atoms with Crippen molar-refractivity contribution >= 4 is 23.2 Å². The van der Waals surface area contributed by atoms with Gasteiger partial charge in [-0.2, -0.15) is 0 Å². The number of nitrogens with zero attached hydrogens (tertiary/aromatic N) is 1. The van der Waals surface area contributed by atoms with E-state index in [-0.39, 0.29) is 11.4 Å². The lowest BCUT2D eigenvalue weighted by atomic mass is 10.2. The number of para-hydroxylation sites is 1. The third kappa shape index (κ3) is 4.12. The van der Waals surface area contributed by atoms with Gasteiger partial charge in [0.15, 0.2) is 17.5 Å². The molecule has 0 aliphatic rings. The van der Waals surface area contributed by atoms with E-state index in [0.29, 0.717) is 11.8 Å². The first-order valence-corrected chi connectivity index (χ1v) is 7.74. The number of hydrogen-bond donors (Lipinski definition) is 2. The Morgan fingerprint density at radius 1 is 0.704 bits per heavy atom. The molecule has 0 saturated carbocycles. The molecule has 2 amide bonds. The van der Waals surface area contributed by atoms with Crippen LogP contribution in [0.4, 0.5) is 24.5 Å². The van der Waals surface area contributed by atoms with E-state index in [2.05, 4.69) is 15.6 Å². The summed E-state index contributed by atoms with van der Waals surface area (Å²) in [4.78, 5) is 28.4. The minimum atomic E-state index is -1.70. The molecule has 0 unspecified atom stereocenters. The molecule has 0 radical (unpaired) electrons. The van der Waals surface area contributed by atoms with Gasteiger partial charge in [0.1, 0.15) is 11.4 Å². The lowest BCUT2D eigenvalue weighted by Crippen LogP contribution is -2.19. The average molecular weight is 371 g/mol. The highest BCUT2D eigenvalue weighted by Crippen LogP contribution is 2.20. The predicted molar refractivity (Wildman–Crippen MR) is 92.9 cm³/mol. The van der Waals surface area contributed by atoms with Gasteiger partial charge in [0.25, 0.3) is 11.8 Å². The van der Waals surface area contributed by atoms with Gasteiger partial charge in [-0.05, 0) is 36.4 Å². The molecule has 5 nitrogen and oxygen atoms in total. The Morgan fingerprint density at radius 2 is 1.33 bits per heavy atom. The number of hydrogen-bond acceptors (Lipinski definition) is 3. The molecule has 8 heteroatoms. The Labute approximate surface area is 151 Å². The molecule has 0 aliphatic heterocycles. The van der Waals surface area contributed by atoms with E-state index < -0.39 is 35.0 Å². The van der Waals surface area contributed by atoms with Crippen molar-refractivity contribution in [1.29, 1.82) is 0 Å². The van der Waals surface area contributed by atoms with E-state index in [9.17, 15) is 22.8 Å². The summed E-state index contributed by atoms with van der Waals surface area (Å²) in [6, 6.07) is 14.3. The first-order valence-electron chi connectivity index (χ1n) is 7.74. The summed E-state index contributed by atoms with van der Waals surface area (Å²) >= 11 is 0. The molecule has 3 rings (SSSR count). The second-order valence-electron chi connectivity index (χ2n) is 5.41. The molecule has 1 aromatic heterocycles. The third-order valence-electron chi connectivity index (χ3n) is 3.53. The van der Waals surface area contributed by atoms with Crippen molar-refractivity contribution in [3.63, 3.8) is 0 Å². The Hall–Kier alpha value is -3.68. The van der Waals surface area contributed by atoms with E-state index in [1.807, 2.05) is 0 Å². The van der Waals surface area contributed by atoms with Gasteiger partial charge in [-0.3, -0.25) is 9.59 Å². The molecule has 0 atom stereocenters. The van der Waals surface area contributed by atoms with Crippen LogP contribution in [0.1, 0.15) is 21.0 Å². The maximum absolute atomic E-state index is 13.7. The normalized spacial score (nSPS) is 10.3. The molecule has 3 aromatic rings. The summed E-state index contributed by atoms with van der Waals surface area (Å²) in [5.41, 5.74) is -0.236. The Morgan fingerprint density at radius 3 is 2.00 bits per heavy atom. The van der Waals surface area contributed by atoms with Crippen LogP contribution in [0.5, 0.6) is 0 Å². The number of aromatic nitrogens is 1. The highest BCUT2D eigenvalue weighted by Gasteiger charge is 2.17. The molecule has 136 valence electrons. The zero-order chi connectivity index (χ0) is 19.4. The van der Waals surface area contributed by atoms with Gasteiger partial charge in [-0.1, -0.05) is 24.3 Å². The quantitative estimate of drug-likeness (QED) is 0.681. The number of benzene rings is 2. The van der Waals surface area contributed by atoms with E-state index >= 15 is 0 Å². The highest BCUT2D eigenvalue weighted by molar-refractivity contribution is 6.06. The highest BCUT2D eigenvalue weighted by atomic mass is 19.2. The minimum absolute atomic E-state index is 0.0442. The predicted octanol–water partition coefficient (Wildman–Crippen LogP) is 4.00. The van der Waals surface area contributed by atoms with Crippen LogP contribution in [0.25, 0.3) is 0 Å². The van der Waals surface area contributed by atoms with Crippen LogP contribution in [0.3, 0.4) is 0 Å². The molecular formula is C19H12F3N3O2. The van der Waals surface area contributed by atoms with Crippen molar-refractivity contribution in [2.45, 2.75) is 0 Å². The van der Waals surface area contributed by atoms with Gasteiger partial charge >= 0.3 is 0 Å². The van der Waals surface area contributed by atoms with Crippen molar-refractivity contribution < 1.29 is 22.8 Å². The van der Waals surface area contributed by atoms with E-state index in [4.69, 9.17) is 0 Å². The molecule has 0 aliphatic carbocycles. The number of amides is 2. The van der Waals surface area contributed by atoms with Crippen LogP contribution in [0.2, 0.25) is 0 Å². The first-order chi connectivity index (χ1) is 13.0. The van der Waals surface area contributed by atoms with Crippen molar-refractivity contribution in [3.8, 4) is 0 Å². The molecule has 2 aromatic carbocycles. The molecule has 0 spiro atoms. The van der Waals surface area contributed by atoms with Gasteiger partial charge < -0.3 is 10.6 Å².